The summed E-state index contributed by atoms with van der Waals surface area (Å²) in [6.07, 6.45) is 4.33. The van der Waals surface area contributed by atoms with Gasteiger partial charge in [-0.05, 0) is 42.0 Å². The van der Waals surface area contributed by atoms with Gasteiger partial charge in [-0.2, -0.15) is 0 Å². The third-order valence-corrected chi connectivity index (χ3v) is 4.07. The second-order valence-electron chi connectivity index (χ2n) is 4.35. The van der Waals surface area contributed by atoms with E-state index in [0.717, 1.165) is 31.2 Å². The lowest BCUT2D eigenvalue weighted by molar-refractivity contribution is 0.108. The Bertz CT molecular complexity index is 429. The number of unbranched alkanes of at least 4 members (excludes halogenated alkanes) is 1. The van der Waals surface area contributed by atoms with Crippen LogP contribution >= 0.6 is 34.8 Å². The molecule has 0 fully saturated rings. The van der Waals surface area contributed by atoms with Crippen LogP contribution in [-0.4, -0.2) is 5.24 Å². The molecule has 1 atom stereocenters. The highest BCUT2D eigenvalue weighted by molar-refractivity contribution is 6.70. The van der Waals surface area contributed by atoms with Gasteiger partial charge in [-0.3, -0.25) is 4.79 Å². The van der Waals surface area contributed by atoms with Gasteiger partial charge < -0.3 is 0 Å². The zero-order valence-electron chi connectivity index (χ0n) is 10.6. The topological polar surface area (TPSA) is 17.1 Å². The SMILES string of the molecule is CCCCC(CC)c1ccc(Cl)c(C(=O)Cl)c1Cl. The fourth-order valence-corrected chi connectivity index (χ4v) is 3.08. The van der Waals surface area contributed by atoms with Crippen molar-refractivity contribution in [3.05, 3.63) is 33.3 Å². The first kappa shape index (κ1) is 15.8. The molecule has 0 aliphatic heterocycles. The smallest absolute Gasteiger partial charge is 0.255 e. The summed E-state index contributed by atoms with van der Waals surface area (Å²) in [6, 6.07) is 3.60. The second kappa shape index (κ2) is 7.37. The average Bonchev–Trinajstić information content (AvgIpc) is 2.31. The molecule has 0 saturated carbocycles. The molecule has 4 heteroatoms. The van der Waals surface area contributed by atoms with Gasteiger partial charge in [0.2, 0.25) is 0 Å². The van der Waals surface area contributed by atoms with Gasteiger partial charge in [-0.15, -0.1) is 0 Å². The van der Waals surface area contributed by atoms with Crippen molar-refractivity contribution in [1.82, 2.24) is 0 Å². The second-order valence-corrected chi connectivity index (χ2v) is 5.48. The summed E-state index contributed by atoms with van der Waals surface area (Å²) in [5, 5.41) is 0.122. The molecular formula is C14H17Cl3O. The summed E-state index contributed by atoms with van der Waals surface area (Å²) in [6.45, 7) is 4.28. The van der Waals surface area contributed by atoms with E-state index in [2.05, 4.69) is 13.8 Å². The number of rotatable bonds is 6. The van der Waals surface area contributed by atoms with E-state index in [0.29, 0.717) is 16.0 Å². The molecule has 0 N–H and O–H groups in total. The lowest BCUT2D eigenvalue weighted by atomic mass is 9.90. The maximum Gasteiger partial charge on any atom is 0.255 e. The summed E-state index contributed by atoms with van der Waals surface area (Å²) in [5.74, 6) is 0.351. The maximum absolute atomic E-state index is 11.4. The number of carbonyl (C=O) groups is 1. The molecule has 100 valence electrons. The lowest BCUT2D eigenvalue weighted by Gasteiger charge is -2.18. The van der Waals surface area contributed by atoms with E-state index in [-0.39, 0.29) is 5.56 Å². The fourth-order valence-electron chi connectivity index (χ4n) is 2.09. The first-order chi connectivity index (χ1) is 8.52. The molecule has 1 rings (SSSR count). The van der Waals surface area contributed by atoms with Crippen LogP contribution in [0, 0.1) is 0 Å². The summed E-state index contributed by atoms with van der Waals surface area (Å²) in [5.41, 5.74) is 1.20. The van der Waals surface area contributed by atoms with Gasteiger partial charge in [0.05, 0.1) is 15.6 Å². The highest BCUT2D eigenvalue weighted by Crippen LogP contribution is 2.36. The highest BCUT2D eigenvalue weighted by atomic mass is 35.5. The van der Waals surface area contributed by atoms with Crippen molar-refractivity contribution in [3.8, 4) is 0 Å². The molecule has 1 unspecified atom stereocenters. The average molecular weight is 308 g/mol. The van der Waals surface area contributed by atoms with Gasteiger partial charge in [-0.1, -0.05) is 56.0 Å². The van der Waals surface area contributed by atoms with Crippen molar-refractivity contribution < 1.29 is 4.79 Å². The quantitative estimate of drug-likeness (QED) is 0.584. The van der Waals surface area contributed by atoms with Crippen molar-refractivity contribution in [2.24, 2.45) is 0 Å². The number of benzene rings is 1. The third-order valence-electron chi connectivity index (χ3n) is 3.16. The standard InChI is InChI=1S/C14H17Cl3O/c1-3-5-6-9(4-2)10-7-8-11(15)12(13(10)16)14(17)18/h7-9H,3-6H2,1-2H3. The summed E-state index contributed by atoms with van der Waals surface area (Å²) in [4.78, 5) is 11.4. The fraction of sp³-hybridized carbons (Fsp3) is 0.500. The van der Waals surface area contributed by atoms with Crippen molar-refractivity contribution in [1.29, 1.82) is 0 Å². The van der Waals surface area contributed by atoms with Crippen LogP contribution in [0.15, 0.2) is 12.1 Å². The largest absolute Gasteiger partial charge is 0.275 e. The van der Waals surface area contributed by atoms with Crippen LogP contribution in [0.3, 0.4) is 0 Å². The number of hydrogen-bond acceptors (Lipinski definition) is 1. The van der Waals surface area contributed by atoms with Crippen LogP contribution in [-0.2, 0) is 0 Å². The molecule has 1 aromatic rings. The minimum Gasteiger partial charge on any atom is -0.275 e. The van der Waals surface area contributed by atoms with E-state index < -0.39 is 5.24 Å². The molecule has 0 heterocycles. The van der Waals surface area contributed by atoms with Gasteiger partial charge in [0.1, 0.15) is 0 Å². The monoisotopic (exact) mass is 306 g/mol. The predicted octanol–water partition coefficient (Wildman–Crippen LogP) is 6.06. The molecule has 0 saturated heterocycles. The van der Waals surface area contributed by atoms with Crippen molar-refractivity contribution >= 4 is 40.0 Å². The van der Waals surface area contributed by atoms with Crippen LogP contribution in [0.1, 0.15) is 61.4 Å². The van der Waals surface area contributed by atoms with Crippen LogP contribution in [0.25, 0.3) is 0 Å². The normalized spacial score (nSPS) is 12.5. The molecule has 0 amide bonds. The first-order valence-corrected chi connectivity index (χ1v) is 7.34. The van der Waals surface area contributed by atoms with Gasteiger partial charge >= 0.3 is 0 Å². The Labute approximate surface area is 123 Å². The molecule has 0 aromatic heterocycles. The van der Waals surface area contributed by atoms with Crippen molar-refractivity contribution in [2.45, 2.75) is 45.4 Å². The summed E-state index contributed by atoms with van der Waals surface area (Å²) >= 11 is 17.8. The zero-order valence-corrected chi connectivity index (χ0v) is 12.9. The molecule has 1 nitrogen and oxygen atoms in total. The number of hydrogen-bond donors (Lipinski definition) is 0. The van der Waals surface area contributed by atoms with E-state index in [4.69, 9.17) is 34.8 Å². The van der Waals surface area contributed by atoms with Crippen LogP contribution in [0.4, 0.5) is 0 Å². The number of carbonyl (C=O) groups excluding carboxylic acids is 1. The zero-order chi connectivity index (χ0) is 13.7. The lowest BCUT2D eigenvalue weighted by Crippen LogP contribution is -2.02. The Balaban J connectivity index is 3.16. The number of halogens is 3. The molecule has 0 bridgehead atoms. The molecule has 0 spiro atoms. The maximum atomic E-state index is 11.4. The van der Waals surface area contributed by atoms with E-state index >= 15 is 0 Å². The Kier molecular flexibility index (Phi) is 6.48. The van der Waals surface area contributed by atoms with Crippen LogP contribution in [0.5, 0.6) is 0 Å². The van der Waals surface area contributed by atoms with Gasteiger partial charge in [-0.25, -0.2) is 0 Å². The van der Waals surface area contributed by atoms with Gasteiger partial charge in [0, 0.05) is 0 Å². The highest BCUT2D eigenvalue weighted by Gasteiger charge is 2.20. The predicted molar refractivity (Wildman–Crippen MR) is 79.2 cm³/mol. The van der Waals surface area contributed by atoms with Crippen molar-refractivity contribution in [3.63, 3.8) is 0 Å². The molecule has 0 aliphatic carbocycles. The van der Waals surface area contributed by atoms with E-state index in [9.17, 15) is 4.79 Å². The van der Waals surface area contributed by atoms with E-state index in [1.807, 2.05) is 6.07 Å². The van der Waals surface area contributed by atoms with Crippen LogP contribution < -0.4 is 0 Å². The molecule has 0 radical (unpaired) electrons. The first-order valence-electron chi connectivity index (χ1n) is 6.20. The Morgan fingerprint density at radius 3 is 2.44 bits per heavy atom. The third kappa shape index (κ3) is 3.63. The van der Waals surface area contributed by atoms with Gasteiger partial charge in [0.15, 0.2) is 0 Å². The van der Waals surface area contributed by atoms with E-state index in [1.165, 1.54) is 0 Å². The van der Waals surface area contributed by atoms with Gasteiger partial charge in [0.25, 0.3) is 5.24 Å². The summed E-state index contributed by atoms with van der Waals surface area (Å²) in [7, 11) is 0. The molecular weight excluding hydrogens is 291 g/mol. The van der Waals surface area contributed by atoms with E-state index in [1.54, 1.807) is 6.07 Å². The minimum absolute atomic E-state index is 0.229. The Morgan fingerprint density at radius 1 is 1.28 bits per heavy atom. The molecule has 18 heavy (non-hydrogen) atoms. The summed E-state index contributed by atoms with van der Waals surface area (Å²) < 4.78 is 0. The molecule has 0 aliphatic rings. The van der Waals surface area contributed by atoms with Crippen LogP contribution in [0.2, 0.25) is 10.0 Å². The van der Waals surface area contributed by atoms with Crippen molar-refractivity contribution in [2.75, 3.05) is 0 Å². The minimum atomic E-state index is -0.600. The Morgan fingerprint density at radius 2 is 1.94 bits per heavy atom. The molecule has 1 aromatic carbocycles. The Hall–Kier alpha value is -0.240.